The summed E-state index contributed by atoms with van der Waals surface area (Å²) in [5, 5.41) is 0. The Balaban J connectivity index is 1.52. The zero-order valence-corrected chi connectivity index (χ0v) is 14.5. The summed E-state index contributed by atoms with van der Waals surface area (Å²) in [6, 6.07) is 3.91. The van der Waals surface area contributed by atoms with E-state index in [2.05, 4.69) is 4.98 Å². The molecule has 1 spiro atoms. The molecular weight excluding hydrogens is 318 g/mol. The molecule has 0 unspecified atom stereocenters. The number of carbonyl (C=O) groups is 2. The van der Waals surface area contributed by atoms with Crippen LogP contribution in [0.1, 0.15) is 44.1 Å². The molecule has 3 aliphatic rings. The van der Waals surface area contributed by atoms with Gasteiger partial charge in [-0.25, -0.2) is 0 Å². The molecule has 1 aromatic rings. The number of hydrogen-bond donors (Lipinski definition) is 0. The van der Waals surface area contributed by atoms with Crippen LogP contribution in [0.25, 0.3) is 0 Å². The molecule has 0 aliphatic carbocycles. The Kier molecular flexibility index (Phi) is 4.46. The minimum atomic E-state index is -0.277. The fourth-order valence-electron chi connectivity index (χ4n) is 4.50. The van der Waals surface area contributed by atoms with E-state index in [9.17, 15) is 9.59 Å². The number of pyridine rings is 1. The fraction of sp³-hybridized carbons (Fsp3) is 0.632. The van der Waals surface area contributed by atoms with Crippen molar-refractivity contribution < 1.29 is 14.3 Å². The number of amides is 2. The van der Waals surface area contributed by atoms with Crippen molar-refractivity contribution in [2.75, 3.05) is 19.7 Å². The van der Waals surface area contributed by atoms with Crippen LogP contribution < -0.4 is 0 Å². The normalized spacial score (nSPS) is 29.6. The van der Waals surface area contributed by atoms with Crippen LogP contribution in [0.2, 0.25) is 0 Å². The van der Waals surface area contributed by atoms with E-state index in [4.69, 9.17) is 4.74 Å². The molecule has 6 nitrogen and oxygen atoms in total. The molecule has 2 atom stereocenters. The van der Waals surface area contributed by atoms with Gasteiger partial charge in [0.2, 0.25) is 5.91 Å². The van der Waals surface area contributed by atoms with Gasteiger partial charge in [0, 0.05) is 45.1 Å². The second-order valence-corrected chi connectivity index (χ2v) is 7.42. The highest BCUT2D eigenvalue weighted by Crippen LogP contribution is 2.39. The molecule has 4 rings (SSSR count). The molecule has 0 radical (unpaired) electrons. The lowest BCUT2D eigenvalue weighted by molar-refractivity contribution is -0.147. The van der Waals surface area contributed by atoms with Crippen LogP contribution in [0, 0.1) is 0 Å². The molecule has 4 heterocycles. The lowest BCUT2D eigenvalue weighted by atomic mass is 9.86. The fourth-order valence-corrected chi connectivity index (χ4v) is 4.50. The summed E-state index contributed by atoms with van der Waals surface area (Å²) in [6.07, 6.45) is 8.36. The van der Waals surface area contributed by atoms with Gasteiger partial charge in [0.15, 0.2) is 0 Å². The molecule has 3 aliphatic heterocycles. The standard InChI is InChI=1S/C19H25N3O3/c23-17-4-8-19(22(17)13-15-5-9-20-10-6-15)7-2-11-21(14-19)18(24)16-3-1-12-25-16/h5-6,9-10,16H,1-4,7-8,11-14H2/t16-,19+/m0/s1. The Morgan fingerprint density at radius 1 is 1.28 bits per heavy atom. The van der Waals surface area contributed by atoms with Crippen LogP contribution in [-0.2, 0) is 20.9 Å². The SMILES string of the molecule is O=C([C@@H]1CCCO1)N1CCC[C@@]2(CCC(=O)N2Cc2ccncc2)C1. The van der Waals surface area contributed by atoms with Crippen molar-refractivity contribution in [3.8, 4) is 0 Å². The highest BCUT2D eigenvalue weighted by atomic mass is 16.5. The van der Waals surface area contributed by atoms with Crippen LogP contribution in [-0.4, -0.2) is 57.9 Å². The van der Waals surface area contributed by atoms with E-state index < -0.39 is 0 Å². The van der Waals surface area contributed by atoms with E-state index in [1.54, 1.807) is 12.4 Å². The van der Waals surface area contributed by atoms with E-state index in [0.717, 1.165) is 44.2 Å². The number of hydrogen-bond acceptors (Lipinski definition) is 4. The maximum Gasteiger partial charge on any atom is 0.251 e. The van der Waals surface area contributed by atoms with Gasteiger partial charge in [-0.1, -0.05) is 0 Å². The van der Waals surface area contributed by atoms with Gasteiger partial charge in [-0.2, -0.15) is 0 Å². The average Bonchev–Trinajstić information content (AvgIpc) is 3.27. The van der Waals surface area contributed by atoms with E-state index in [1.165, 1.54) is 0 Å². The Bertz CT molecular complexity index is 645. The van der Waals surface area contributed by atoms with Gasteiger partial charge in [0.25, 0.3) is 5.91 Å². The quantitative estimate of drug-likeness (QED) is 0.839. The third kappa shape index (κ3) is 3.15. The largest absolute Gasteiger partial charge is 0.368 e. The van der Waals surface area contributed by atoms with E-state index >= 15 is 0 Å². The molecule has 134 valence electrons. The number of aromatic nitrogens is 1. The molecular formula is C19H25N3O3. The topological polar surface area (TPSA) is 62.7 Å². The highest BCUT2D eigenvalue weighted by Gasteiger charge is 2.48. The van der Waals surface area contributed by atoms with Crippen LogP contribution in [0.5, 0.6) is 0 Å². The summed E-state index contributed by atoms with van der Waals surface area (Å²) in [6.45, 7) is 2.70. The zero-order valence-electron chi connectivity index (χ0n) is 14.5. The van der Waals surface area contributed by atoms with E-state index in [0.29, 0.717) is 26.1 Å². The Morgan fingerprint density at radius 2 is 2.12 bits per heavy atom. The molecule has 25 heavy (non-hydrogen) atoms. The third-order valence-corrected chi connectivity index (χ3v) is 5.84. The number of ether oxygens (including phenoxy) is 1. The van der Waals surface area contributed by atoms with Crippen molar-refractivity contribution in [1.29, 1.82) is 0 Å². The summed E-state index contributed by atoms with van der Waals surface area (Å²) >= 11 is 0. The second kappa shape index (κ2) is 6.75. The minimum absolute atomic E-state index is 0.111. The molecule has 6 heteroatoms. The van der Waals surface area contributed by atoms with Crippen molar-refractivity contribution in [3.63, 3.8) is 0 Å². The average molecular weight is 343 g/mol. The van der Waals surface area contributed by atoms with Crippen LogP contribution in [0.3, 0.4) is 0 Å². The molecule has 1 aromatic heterocycles. The molecule has 0 bridgehead atoms. The Hall–Kier alpha value is -1.95. The van der Waals surface area contributed by atoms with Gasteiger partial charge in [-0.05, 0) is 49.8 Å². The van der Waals surface area contributed by atoms with Crippen molar-refractivity contribution >= 4 is 11.8 Å². The predicted molar refractivity (Wildman–Crippen MR) is 91.5 cm³/mol. The number of rotatable bonds is 3. The summed E-state index contributed by atoms with van der Waals surface area (Å²) in [5.41, 5.74) is 0.875. The predicted octanol–water partition coefficient (Wildman–Crippen LogP) is 1.74. The molecule has 2 amide bonds. The van der Waals surface area contributed by atoms with Crippen LogP contribution in [0.4, 0.5) is 0 Å². The first-order valence-electron chi connectivity index (χ1n) is 9.28. The molecule has 0 saturated carbocycles. The first-order chi connectivity index (χ1) is 12.2. The van der Waals surface area contributed by atoms with Gasteiger partial charge in [-0.3, -0.25) is 14.6 Å². The minimum Gasteiger partial charge on any atom is -0.368 e. The summed E-state index contributed by atoms with van der Waals surface area (Å²) in [4.78, 5) is 33.3. The molecule has 3 saturated heterocycles. The van der Waals surface area contributed by atoms with Gasteiger partial charge < -0.3 is 14.5 Å². The number of nitrogens with zero attached hydrogens (tertiary/aromatic N) is 3. The number of likely N-dealkylation sites (tertiary alicyclic amines) is 2. The maximum atomic E-state index is 12.8. The van der Waals surface area contributed by atoms with E-state index in [1.807, 2.05) is 21.9 Å². The van der Waals surface area contributed by atoms with Crippen molar-refractivity contribution in [1.82, 2.24) is 14.8 Å². The van der Waals surface area contributed by atoms with Crippen molar-refractivity contribution in [2.24, 2.45) is 0 Å². The summed E-state index contributed by atoms with van der Waals surface area (Å²) in [5.74, 6) is 0.308. The number of carbonyl (C=O) groups excluding carboxylic acids is 2. The zero-order chi connectivity index (χ0) is 17.3. The van der Waals surface area contributed by atoms with E-state index in [-0.39, 0.29) is 23.5 Å². The smallest absolute Gasteiger partial charge is 0.251 e. The lowest BCUT2D eigenvalue weighted by Gasteiger charge is -2.46. The maximum absolute atomic E-state index is 12.8. The van der Waals surface area contributed by atoms with Crippen molar-refractivity contribution in [3.05, 3.63) is 30.1 Å². The van der Waals surface area contributed by atoms with Gasteiger partial charge in [0.1, 0.15) is 6.10 Å². The van der Waals surface area contributed by atoms with Gasteiger partial charge >= 0.3 is 0 Å². The molecule has 0 aromatic carbocycles. The molecule has 0 N–H and O–H groups in total. The van der Waals surface area contributed by atoms with Gasteiger partial charge in [-0.15, -0.1) is 0 Å². The van der Waals surface area contributed by atoms with Crippen LogP contribution in [0.15, 0.2) is 24.5 Å². The van der Waals surface area contributed by atoms with Crippen molar-refractivity contribution in [2.45, 2.75) is 56.7 Å². The first kappa shape index (κ1) is 16.5. The summed E-state index contributed by atoms with van der Waals surface area (Å²) in [7, 11) is 0. The highest BCUT2D eigenvalue weighted by molar-refractivity contribution is 5.83. The second-order valence-electron chi connectivity index (χ2n) is 7.42. The third-order valence-electron chi connectivity index (χ3n) is 5.84. The first-order valence-corrected chi connectivity index (χ1v) is 9.28. The number of piperidine rings is 1. The lowest BCUT2D eigenvalue weighted by Crippen LogP contribution is -2.58. The Morgan fingerprint density at radius 3 is 2.88 bits per heavy atom. The van der Waals surface area contributed by atoms with Gasteiger partial charge in [0.05, 0.1) is 5.54 Å². The summed E-state index contributed by atoms with van der Waals surface area (Å²) < 4.78 is 5.58. The van der Waals surface area contributed by atoms with Crippen LogP contribution >= 0.6 is 0 Å². The molecule has 3 fully saturated rings. The Labute approximate surface area is 148 Å². The monoisotopic (exact) mass is 343 g/mol.